The summed E-state index contributed by atoms with van der Waals surface area (Å²) in [7, 11) is 0. The molecule has 0 bridgehead atoms. The second kappa shape index (κ2) is 7.33. The number of nitrogen functional groups attached to an aromatic ring is 1. The van der Waals surface area contributed by atoms with E-state index in [0.29, 0.717) is 11.6 Å². The molecule has 0 atom stereocenters. The van der Waals surface area contributed by atoms with Crippen LogP contribution in [0.3, 0.4) is 0 Å². The van der Waals surface area contributed by atoms with Crippen LogP contribution in [-0.2, 0) is 0 Å². The van der Waals surface area contributed by atoms with E-state index < -0.39 is 5.97 Å². The van der Waals surface area contributed by atoms with Crippen molar-refractivity contribution in [1.82, 2.24) is 0 Å². The zero-order valence-electron chi connectivity index (χ0n) is 12.5. The molecule has 0 fully saturated rings. The lowest BCUT2D eigenvalue weighted by Gasteiger charge is -2.07. The van der Waals surface area contributed by atoms with E-state index in [4.69, 9.17) is 15.9 Å². The molecular formula is C17H21NO3. The highest BCUT2D eigenvalue weighted by Gasteiger charge is 2.07. The summed E-state index contributed by atoms with van der Waals surface area (Å²) in [5, 5.41) is 17.5. The summed E-state index contributed by atoms with van der Waals surface area (Å²) >= 11 is 0. The first-order chi connectivity index (χ1) is 9.82. The summed E-state index contributed by atoms with van der Waals surface area (Å²) in [4.78, 5) is 10.3. The van der Waals surface area contributed by atoms with E-state index in [2.05, 4.69) is 45.0 Å². The lowest BCUT2D eigenvalue weighted by molar-refractivity contribution is 0.0694. The number of aryl methyl sites for hydroxylation is 1. The Balaban J connectivity index is 0.000000211. The fourth-order valence-electron chi connectivity index (χ4n) is 1.96. The molecule has 0 aliphatic rings. The number of carboxylic acids is 1. The molecular weight excluding hydrogens is 266 g/mol. The second-order valence-electron chi connectivity index (χ2n) is 5.09. The highest BCUT2D eigenvalue weighted by Crippen LogP contribution is 2.19. The van der Waals surface area contributed by atoms with Gasteiger partial charge in [-0.1, -0.05) is 38.1 Å². The lowest BCUT2D eigenvalue weighted by atomic mass is 9.99. The van der Waals surface area contributed by atoms with Gasteiger partial charge < -0.3 is 15.9 Å². The van der Waals surface area contributed by atoms with E-state index in [0.717, 1.165) is 0 Å². The van der Waals surface area contributed by atoms with Crippen LogP contribution in [0.25, 0.3) is 0 Å². The molecule has 0 unspecified atom stereocenters. The summed E-state index contributed by atoms with van der Waals surface area (Å²) in [6.07, 6.45) is 0. The van der Waals surface area contributed by atoms with Crippen molar-refractivity contribution in [3.63, 3.8) is 0 Å². The van der Waals surface area contributed by atoms with Crippen LogP contribution in [0.2, 0.25) is 0 Å². The molecule has 0 saturated carbocycles. The molecule has 0 saturated heterocycles. The van der Waals surface area contributed by atoms with Gasteiger partial charge in [-0.3, -0.25) is 0 Å². The fourth-order valence-corrected chi connectivity index (χ4v) is 1.96. The number of hydrogen-bond acceptors (Lipinski definition) is 3. The van der Waals surface area contributed by atoms with E-state index >= 15 is 0 Å². The van der Waals surface area contributed by atoms with Crippen LogP contribution < -0.4 is 5.73 Å². The average Bonchev–Trinajstić information content (AvgIpc) is 2.39. The monoisotopic (exact) mass is 287 g/mol. The Bertz CT molecular complexity index is 621. The van der Waals surface area contributed by atoms with Crippen LogP contribution in [0.15, 0.2) is 42.5 Å². The van der Waals surface area contributed by atoms with Crippen molar-refractivity contribution >= 4 is 11.7 Å². The molecule has 2 rings (SSSR count). The Labute approximate surface area is 124 Å². The zero-order valence-corrected chi connectivity index (χ0v) is 12.5. The SMILES string of the molecule is Cc1ccccc1C(C)C.Nc1ccc(C(=O)O)c(O)c1. The number of anilines is 1. The number of aromatic hydroxyl groups is 1. The molecule has 4 N–H and O–H groups in total. The summed E-state index contributed by atoms with van der Waals surface area (Å²) in [5.74, 6) is -0.818. The Morgan fingerprint density at radius 3 is 2.19 bits per heavy atom. The van der Waals surface area contributed by atoms with Crippen molar-refractivity contribution in [2.75, 3.05) is 5.73 Å². The van der Waals surface area contributed by atoms with Crippen LogP contribution in [-0.4, -0.2) is 16.2 Å². The molecule has 0 heterocycles. The van der Waals surface area contributed by atoms with Crippen molar-refractivity contribution in [3.8, 4) is 5.75 Å². The molecule has 0 aliphatic carbocycles. The topological polar surface area (TPSA) is 83.6 Å². The van der Waals surface area contributed by atoms with Gasteiger partial charge in [-0.2, -0.15) is 0 Å². The minimum absolute atomic E-state index is 0.140. The molecule has 112 valence electrons. The summed E-state index contributed by atoms with van der Waals surface area (Å²) in [6, 6.07) is 12.4. The van der Waals surface area contributed by atoms with Crippen LogP contribution in [0.1, 0.15) is 41.3 Å². The standard InChI is InChI=1S/C10H14.C7H7NO3/c1-8(2)10-7-5-4-6-9(10)3;8-4-1-2-5(7(10)11)6(9)3-4/h4-8H,1-3H3;1-3,9H,8H2,(H,10,11). The van der Waals surface area contributed by atoms with E-state index in [1.807, 2.05) is 0 Å². The molecule has 4 heteroatoms. The predicted molar refractivity (Wildman–Crippen MR) is 84.7 cm³/mol. The molecule has 0 radical (unpaired) electrons. The maximum Gasteiger partial charge on any atom is 0.339 e. The van der Waals surface area contributed by atoms with Crippen molar-refractivity contribution in [3.05, 3.63) is 59.2 Å². The minimum Gasteiger partial charge on any atom is -0.507 e. The first kappa shape index (κ1) is 16.6. The summed E-state index contributed by atoms with van der Waals surface area (Å²) in [6.45, 7) is 6.61. The van der Waals surface area contributed by atoms with Crippen LogP contribution in [0, 0.1) is 6.92 Å². The Kier molecular flexibility index (Phi) is 5.79. The molecule has 21 heavy (non-hydrogen) atoms. The Morgan fingerprint density at radius 1 is 1.14 bits per heavy atom. The third-order valence-electron chi connectivity index (χ3n) is 3.06. The molecule has 0 spiro atoms. The molecule has 0 amide bonds. The van der Waals surface area contributed by atoms with Crippen LogP contribution in [0.5, 0.6) is 5.75 Å². The van der Waals surface area contributed by atoms with Gasteiger partial charge in [0, 0.05) is 11.8 Å². The minimum atomic E-state index is -1.16. The van der Waals surface area contributed by atoms with E-state index in [1.165, 1.54) is 29.3 Å². The number of benzene rings is 2. The molecule has 2 aromatic rings. The van der Waals surface area contributed by atoms with Crippen molar-refractivity contribution < 1.29 is 15.0 Å². The number of carbonyl (C=O) groups is 1. The van der Waals surface area contributed by atoms with Crippen LogP contribution in [0.4, 0.5) is 5.69 Å². The predicted octanol–water partition coefficient (Wildman–Crippen LogP) is 3.79. The van der Waals surface area contributed by atoms with E-state index in [9.17, 15) is 4.79 Å². The van der Waals surface area contributed by atoms with Gasteiger partial charge >= 0.3 is 5.97 Å². The Morgan fingerprint density at radius 2 is 1.76 bits per heavy atom. The Hall–Kier alpha value is -2.49. The third-order valence-corrected chi connectivity index (χ3v) is 3.06. The molecule has 0 aliphatic heterocycles. The number of nitrogens with two attached hydrogens (primary N) is 1. The first-order valence-corrected chi connectivity index (χ1v) is 6.70. The number of phenols is 1. The molecule has 2 aromatic carbocycles. The smallest absolute Gasteiger partial charge is 0.339 e. The van der Waals surface area contributed by atoms with Gasteiger partial charge in [0.05, 0.1) is 0 Å². The largest absolute Gasteiger partial charge is 0.507 e. The average molecular weight is 287 g/mol. The van der Waals surface area contributed by atoms with Gasteiger partial charge in [0.25, 0.3) is 0 Å². The van der Waals surface area contributed by atoms with Crippen molar-refractivity contribution in [2.45, 2.75) is 26.7 Å². The maximum absolute atomic E-state index is 10.3. The first-order valence-electron chi connectivity index (χ1n) is 6.70. The maximum atomic E-state index is 10.3. The fraction of sp³-hybridized carbons (Fsp3) is 0.235. The molecule has 4 nitrogen and oxygen atoms in total. The highest BCUT2D eigenvalue weighted by atomic mass is 16.4. The third kappa shape index (κ3) is 4.84. The van der Waals surface area contributed by atoms with E-state index in [1.54, 1.807) is 0 Å². The number of hydrogen-bond donors (Lipinski definition) is 3. The van der Waals surface area contributed by atoms with Crippen molar-refractivity contribution in [1.29, 1.82) is 0 Å². The van der Waals surface area contributed by atoms with Crippen LogP contribution >= 0.6 is 0 Å². The number of carboxylic acid groups (broad SMARTS) is 1. The van der Waals surface area contributed by atoms with Gasteiger partial charge in [-0.15, -0.1) is 0 Å². The van der Waals surface area contributed by atoms with Gasteiger partial charge in [-0.05, 0) is 36.1 Å². The van der Waals surface area contributed by atoms with E-state index in [-0.39, 0.29) is 11.3 Å². The van der Waals surface area contributed by atoms with Gasteiger partial charge in [0.1, 0.15) is 11.3 Å². The van der Waals surface area contributed by atoms with Crippen molar-refractivity contribution in [2.24, 2.45) is 0 Å². The summed E-state index contributed by atoms with van der Waals surface area (Å²) < 4.78 is 0. The van der Waals surface area contributed by atoms with Gasteiger partial charge in [0.15, 0.2) is 0 Å². The normalized spacial score (nSPS) is 9.90. The second-order valence-corrected chi connectivity index (χ2v) is 5.09. The number of aromatic carboxylic acids is 1. The summed E-state index contributed by atoms with van der Waals surface area (Å²) in [5.41, 5.74) is 8.34. The molecule has 0 aromatic heterocycles. The quantitative estimate of drug-likeness (QED) is 0.734. The highest BCUT2D eigenvalue weighted by molar-refractivity contribution is 5.91. The number of rotatable bonds is 2. The lowest BCUT2D eigenvalue weighted by Crippen LogP contribution is -1.97. The van der Waals surface area contributed by atoms with Gasteiger partial charge in [0.2, 0.25) is 0 Å². The van der Waals surface area contributed by atoms with Gasteiger partial charge in [-0.25, -0.2) is 4.79 Å². The zero-order chi connectivity index (χ0) is 16.0.